The predicted molar refractivity (Wildman–Crippen MR) is 170 cm³/mol. The van der Waals surface area contributed by atoms with Crippen LogP contribution in [0, 0.1) is 5.82 Å². The first kappa shape index (κ1) is 33.8. The van der Waals surface area contributed by atoms with E-state index in [4.69, 9.17) is 14.2 Å². The molecule has 0 aliphatic carbocycles. The Morgan fingerprint density at radius 1 is 0.674 bits per heavy atom. The number of hydrogen-bond acceptors (Lipinski definition) is 5. The van der Waals surface area contributed by atoms with Crippen LogP contribution in [0.1, 0.15) is 119 Å². The first-order valence-electron chi connectivity index (χ1n) is 16.0. The lowest BCUT2D eigenvalue weighted by Gasteiger charge is -2.14. The summed E-state index contributed by atoms with van der Waals surface area (Å²) >= 11 is 0. The summed E-state index contributed by atoms with van der Waals surface area (Å²) in [5.74, 6) is -1.26. The highest BCUT2D eigenvalue weighted by atomic mass is 19.1. The van der Waals surface area contributed by atoms with Crippen molar-refractivity contribution in [2.24, 2.45) is 0 Å². The zero-order chi connectivity index (χ0) is 30.9. The van der Waals surface area contributed by atoms with E-state index in [9.17, 15) is 14.0 Å². The maximum absolute atomic E-state index is 14.7. The van der Waals surface area contributed by atoms with Crippen molar-refractivity contribution in [2.45, 2.75) is 104 Å². The van der Waals surface area contributed by atoms with E-state index in [1.54, 1.807) is 12.1 Å². The topological polar surface area (TPSA) is 61.8 Å². The Morgan fingerprint density at radius 2 is 1.23 bits per heavy atom. The minimum absolute atomic E-state index is 0.0178. The van der Waals surface area contributed by atoms with Gasteiger partial charge in [-0.1, -0.05) is 95.9 Å². The molecular formula is C37H47FO5. The molecule has 0 amide bonds. The van der Waals surface area contributed by atoms with Gasteiger partial charge in [0.05, 0.1) is 23.8 Å². The van der Waals surface area contributed by atoms with Crippen molar-refractivity contribution in [2.75, 3.05) is 6.61 Å². The van der Waals surface area contributed by atoms with Gasteiger partial charge in [0.25, 0.3) is 0 Å². The molecule has 3 aromatic carbocycles. The highest BCUT2D eigenvalue weighted by Gasteiger charge is 2.18. The Balaban J connectivity index is 1.47. The normalized spacial score (nSPS) is 11.6. The highest BCUT2D eigenvalue weighted by molar-refractivity contribution is 5.92. The summed E-state index contributed by atoms with van der Waals surface area (Å²) in [6, 6.07) is 18.6. The van der Waals surface area contributed by atoms with Crippen LogP contribution >= 0.6 is 0 Å². The van der Waals surface area contributed by atoms with E-state index in [0.29, 0.717) is 5.56 Å². The minimum atomic E-state index is -0.790. The molecule has 1 atom stereocenters. The molecule has 0 spiro atoms. The lowest BCUT2D eigenvalue weighted by Crippen LogP contribution is -2.16. The van der Waals surface area contributed by atoms with Gasteiger partial charge in [-0.15, -0.1) is 0 Å². The second-order valence-electron chi connectivity index (χ2n) is 11.2. The van der Waals surface area contributed by atoms with E-state index in [0.717, 1.165) is 55.2 Å². The van der Waals surface area contributed by atoms with Crippen LogP contribution in [0.15, 0.2) is 66.7 Å². The molecule has 0 saturated carbocycles. The minimum Gasteiger partial charge on any atom is -0.494 e. The van der Waals surface area contributed by atoms with Crippen LogP contribution in [0.25, 0.3) is 11.1 Å². The number of ether oxygens (including phenoxy) is 3. The lowest BCUT2D eigenvalue weighted by molar-refractivity contribution is 0.0314. The van der Waals surface area contributed by atoms with E-state index in [2.05, 4.69) is 13.8 Å². The Morgan fingerprint density at radius 3 is 1.86 bits per heavy atom. The average Bonchev–Trinajstić information content (AvgIpc) is 3.01. The van der Waals surface area contributed by atoms with Crippen LogP contribution in [0.2, 0.25) is 0 Å². The van der Waals surface area contributed by atoms with Gasteiger partial charge in [0.15, 0.2) is 0 Å². The standard InChI is InChI=1S/C37H47FO5/c1-4-6-8-10-11-13-15-28(3)42-37(40)34-25-24-33(27-35(34)38)43-36(39)31-18-16-29(17-19-31)30-20-22-32(23-21-30)41-26-14-12-9-7-5-2/h16-25,27-28H,4-15,26H2,1-3H3. The van der Waals surface area contributed by atoms with Crippen molar-refractivity contribution in [3.05, 3.63) is 83.7 Å². The molecule has 0 aliphatic heterocycles. The van der Waals surface area contributed by atoms with Gasteiger partial charge in [-0.05, 0) is 73.7 Å². The van der Waals surface area contributed by atoms with Gasteiger partial charge in [-0.25, -0.2) is 14.0 Å². The third-order valence-corrected chi connectivity index (χ3v) is 7.47. The first-order chi connectivity index (χ1) is 20.9. The summed E-state index contributed by atoms with van der Waals surface area (Å²) in [4.78, 5) is 25.2. The third-order valence-electron chi connectivity index (χ3n) is 7.47. The van der Waals surface area contributed by atoms with Gasteiger partial charge >= 0.3 is 11.9 Å². The van der Waals surface area contributed by atoms with Crippen molar-refractivity contribution < 1.29 is 28.2 Å². The van der Waals surface area contributed by atoms with E-state index >= 15 is 0 Å². The second-order valence-corrected chi connectivity index (χ2v) is 11.2. The molecule has 6 heteroatoms. The zero-order valence-corrected chi connectivity index (χ0v) is 26.0. The molecule has 0 fully saturated rings. The molecule has 0 aromatic heterocycles. The fraction of sp³-hybridized carbons (Fsp3) is 0.459. The maximum Gasteiger partial charge on any atom is 0.343 e. The Hall–Kier alpha value is -3.67. The number of hydrogen-bond donors (Lipinski definition) is 0. The number of carbonyl (C=O) groups is 2. The van der Waals surface area contributed by atoms with E-state index in [1.165, 1.54) is 63.5 Å². The highest BCUT2D eigenvalue weighted by Crippen LogP contribution is 2.24. The van der Waals surface area contributed by atoms with E-state index < -0.39 is 17.8 Å². The number of unbranched alkanes of at least 4 members (excludes halogenated alkanes) is 9. The van der Waals surface area contributed by atoms with Crippen LogP contribution in [0.5, 0.6) is 11.5 Å². The lowest BCUT2D eigenvalue weighted by atomic mass is 10.0. The van der Waals surface area contributed by atoms with Crippen LogP contribution in [-0.4, -0.2) is 24.6 Å². The zero-order valence-electron chi connectivity index (χ0n) is 26.0. The van der Waals surface area contributed by atoms with Crippen molar-refractivity contribution in [3.63, 3.8) is 0 Å². The monoisotopic (exact) mass is 590 g/mol. The predicted octanol–water partition coefficient (Wildman–Crippen LogP) is 10.4. The first-order valence-corrected chi connectivity index (χ1v) is 16.0. The smallest absolute Gasteiger partial charge is 0.343 e. The molecule has 0 radical (unpaired) electrons. The Bertz CT molecular complexity index is 1250. The summed E-state index contributed by atoms with van der Waals surface area (Å²) in [6.45, 7) is 6.93. The van der Waals surface area contributed by atoms with Gasteiger partial charge < -0.3 is 14.2 Å². The molecule has 0 saturated heterocycles. The molecule has 1 unspecified atom stereocenters. The largest absolute Gasteiger partial charge is 0.494 e. The molecule has 0 aliphatic rings. The summed E-state index contributed by atoms with van der Waals surface area (Å²) in [5, 5.41) is 0. The number of rotatable bonds is 19. The Kier molecular flexibility index (Phi) is 14.8. The van der Waals surface area contributed by atoms with Gasteiger partial charge in [-0.2, -0.15) is 0 Å². The fourth-order valence-corrected chi connectivity index (χ4v) is 4.85. The van der Waals surface area contributed by atoms with Gasteiger partial charge in [0.1, 0.15) is 17.3 Å². The van der Waals surface area contributed by atoms with Crippen LogP contribution < -0.4 is 9.47 Å². The van der Waals surface area contributed by atoms with Crippen molar-refractivity contribution in [3.8, 4) is 22.6 Å². The molecule has 0 heterocycles. The molecule has 0 N–H and O–H groups in total. The van der Waals surface area contributed by atoms with Gasteiger partial charge in [0, 0.05) is 6.07 Å². The summed E-state index contributed by atoms with van der Waals surface area (Å²) < 4.78 is 31.4. The van der Waals surface area contributed by atoms with E-state index in [-0.39, 0.29) is 17.4 Å². The molecule has 3 aromatic rings. The van der Waals surface area contributed by atoms with Gasteiger partial charge in [0.2, 0.25) is 0 Å². The molecule has 232 valence electrons. The summed E-state index contributed by atoms with van der Waals surface area (Å²) in [7, 11) is 0. The molecular weight excluding hydrogens is 543 g/mol. The number of carbonyl (C=O) groups excluding carboxylic acids is 2. The Labute approximate surface area is 256 Å². The van der Waals surface area contributed by atoms with Crippen molar-refractivity contribution in [1.29, 1.82) is 0 Å². The van der Waals surface area contributed by atoms with Gasteiger partial charge in [-0.3, -0.25) is 0 Å². The SMILES string of the molecule is CCCCCCCCC(C)OC(=O)c1ccc(OC(=O)c2ccc(-c3ccc(OCCCCCCC)cc3)cc2)cc1F. The van der Waals surface area contributed by atoms with Crippen LogP contribution in [-0.2, 0) is 4.74 Å². The molecule has 5 nitrogen and oxygen atoms in total. The number of esters is 2. The summed E-state index contributed by atoms with van der Waals surface area (Å²) in [6.07, 6.45) is 13.4. The van der Waals surface area contributed by atoms with E-state index in [1.807, 2.05) is 43.3 Å². The molecule has 43 heavy (non-hydrogen) atoms. The summed E-state index contributed by atoms with van der Waals surface area (Å²) in [5.41, 5.74) is 2.10. The average molecular weight is 591 g/mol. The van der Waals surface area contributed by atoms with Crippen LogP contribution in [0.3, 0.4) is 0 Å². The number of halogens is 1. The molecule has 3 rings (SSSR count). The second kappa shape index (κ2) is 18.8. The quantitative estimate of drug-likeness (QED) is 0.0789. The van der Waals surface area contributed by atoms with Crippen molar-refractivity contribution >= 4 is 11.9 Å². The maximum atomic E-state index is 14.7. The van der Waals surface area contributed by atoms with Crippen molar-refractivity contribution in [1.82, 2.24) is 0 Å². The molecule has 0 bridgehead atoms. The van der Waals surface area contributed by atoms with Crippen LogP contribution in [0.4, 0.5) is 4.39 Å². The fourth-order valence-electron chi connectivity index (χ4n) is 4.85. The number of benzene rings is 3. The third kappa shape index (κ3) is 11.9.